The zero-order chi connectivity index (χ0) is 19.6. The predicted molar refractivity (Wildman–Crippen MR) is 107 cm³/mol. The number of furan rings is 1. The summed E-state index contributed by atoms with van der Waals surface area (Å²) in [5, 5.41) is 4.14. The van der Waals surface area contributed by atoms with Gasteiger partial charge in [-0.15, -0.1) is 0 Å². The molecule has 0 bridgehead atoms. The molecule has 1 amide bonds. The number of methoxy groups -OCH3 is 1. The summed E-state index contributed by atoms with van der Waals surface area (Å²) in [6, 6.07) is 5.63. The number of hydrogen-bond donors (Lipinski definition) is 2. The first-order valence-corrected chi connectivity index (χ1v) is 10.4. The highest BCUT2D eigenvalue weighted by Gasteiger charge is 2.42. The highest BCUT2D eigenvalue weighted by Crippen LogP contribution is 2.29. The Morgan fingerprint density at radius 1 is 1.21 bits per heavy atom. The maximum atomic E-state index is 13.0. The van der Waals surface area contributed by atoms with Gasteiger partial charge in [-0.05, 0) is 38.0 Å². The molecule has 2 aromatic rings. The van der Waals surface area contributed by atoms with Crippen LogP contribution in [-0.2, 0) is 4.74 Å². The Bertz CT molecular complexity index is 832. The fourth-order valence-electron chi connectivity index (χ4n) is 4.91. The molecule has 2 heterocycles. The molecule has 1 saturated carbocycles. The van der Waals surface area contributed by atoms with E-state index in [0.29, 0.717) is 12.3 Å². The van der Waals surface area contributed by atoms with Gasteiger partial charge in [0, 0.05) is 23.8 Å². The number of nitrogens with one attached hydrogen (secondary N) is 2. The topological polar surface area (TPSA) is 65.1 Å². The van der Waals surface area contributed by atoms with E-state index in [2.05, 4.69) is 5.32 Å². The third kappa shape index (κ3) is 3.63. The summed E-state index contributed by atoms with van der Waals surface area (Å²) in [6.07, 6.45) is 6.11. The first-order valence-electron chi connectivity index (χ1n) is 10.4. The molecule has 28 heavy (non-hydrogen) atoms. The van der Waals surface area contributed by atoms with E-state index in [0.717, 1.165) is 48.6 Å². The van der Waals surface area contributed by atoms with E-state index in [1.165, 1.54) is 32.1 Å². The third-order valence-electron chi connectivity index (χ3n) is 6.59. The van der Waals surface area contributed by atoms with Crippen LogP contribution in [0.4, 0.5) is 0 Å². The lowest BCUT2D eigenvalue weighted by Crippen LogP contribution is -3.23. The number of carbonyl (C=O) groups excluding carboxylic acids is 1. The van der Waals surface area contributed by atoms with Gasteiger partial charge in [-0.3, -0.25) is 4.79 Å². The molecule has 2 aliphatic rings. The number of fused-ring (bicyclic) bond motifs is 1. The van der Waals surface area contributed by atoms with Gasteiger partial charge in [0.2, 0.25) is 0 Å². The molecule has 0 atom stereocenters. The summed E-state index contributed by atoms with van der Waals surface area (Å²) in [5.41, 5.74) is 1.71. The van der Waals surface area contributed by atoms with Crippen molar-refractivity contribution in [3.63, 3.8) is 0 Å². The van der Waals surface area contributed by atoms with Crippen LogP contribution in [0.15, 0.2) is 22.6 Å². The van der Waals surface area contributed by atoms with Gasteiger partial charge in [0.1, 0.15) is 30.0 Å². The number of carbonyl (C=O) groups is 1. The number of quaternary nitrogens is 1. The van der Waals surface area contributed by atoms with Gasteiger partial charge in [0.05, 0.1) is 26.9 Å². The largest absolute Gasteiger partial charge is 0.497 e. The van der Waals surface area contributed by atoms with Gasteiger partial charge in [-0.25, -0.2) is 0 Å². The average molecular weight is 388 g/mol. The zero-order valence-corrected chi connectivity index (χ0v) is 16.9. The van der Waals surface area contributed by atoms with Crippen LogP contribution in [0.5, 0.6) is 5.75 Å². The second-order valence-corrected chi connectivity index (χ2v) is 8.16. The van der Waals surface area contributed by atoms with Crippen molar-refractivity contribution < 1.29 is 23.6 Å². The molecule has 1 aliphatic carbocycles. The first kappa shape index (κ1) is 19.3. The molecule has 2 fully saturated rings. The number of ether oxygens (including phenoxy) is 2. The van der Waals surface area contributed by atoms with E-state index in [9.17, 15) is 4.79 Å². The molecule has 1 saturated heterocycles. The van der Waals surface area contributed by atoms with Crippen LogP contribution in [0.2, 0.25) is 0 Å². The van der Waals surface area contributed by atoms with E-state index in [1.54, 1.807) is 12.0 Å². The van der Waals surface area contributed by atoms with Crippen LogP contribution in [-0.4, -0.2) is 51.4 Å². The van der Waals surface area contributed by atoms with Crippen LogP contribution in [0.3, 0.4) is 0 Å². The van der Waals surface area contributed by atoms with E-state index in [1.807, 2.05) is 25.1 Å². The van der Waals surface area contributed by atoms with Crippen molar-refractivity contribution in [2.24, 2.45) is 0 Å². The highest BCUT2D eigenvalue weighted by atomic mass is 16.5. The van der Waals surface area contributed by atoms with Crippen molar-refractivity contribution in [3.05, 3.63) is 29.5 Å². The number of aryl methyl sites for hydroxylation is 1. The van der Waals surface area contributed by atoms with Crippen LogP contribution in [0.1, 0.15) is 48.2 Å². The number of amides is 1. The molecule has 2 N–H and O–H groups in total. The number of hydrogen-bond acceptors (Lipinski definition) is 4. The summed E-state index contributed by atoms with van der Waals surface area (Å²) in [7, 11) is 1.64. The van der Waals surface area contributed by atoms with Crippen LogP contribution < -0.4 is 15.0 Å². The van der Waals surface area contributed by atoms with Crippen molar-refractivity contribution in [2.45, 2.75) is 44.6 Å². The van der Waals surface area contributed by atoms with Crippen molar-refractivity contribution in [2.75, 3.05) is 40.0 Å². The normalized spacial score (nSPS) is 20.2. The SMILES string of the molecule is COc1ccc2oc(C(=O)NCC3([NH+]4CCOCC4)CCCCC3)c(C)c2c1. The molecule has 1 aromatic heterocycles. The standard InChI is InChI=1S/C22H30N2O4/c1-16-18-14-17(26-2)6-7-19(18)28-20(16)21(25)23-15-22(8-4-3-5-9-22)24-10-12-27-13-11-24/h6-7,14H,3-5,8-13,15H2,1-2H3,(H,23,25)/p+1. The zero-order valence-electron chi connectivity index (χ0n) is 16.9. The second kappa shape index (κ2) is 8.13. The molecule has 4 rings (SSSR count). The van der Waals surface area contributed by atoms with E-state index < -0.39 is 0 Å². The number of benzene rings is 1. The Kier molecular flexibility index (Phi) is 5.60. The van der Waals surface area contributed by atoms with Crippen molar-refractivity contribution in [3.8, 4) is 5.75 Å². The van der Waals surface area contributed by atoms with Crippen molar-refractivity contribution >= 4 is 16.9 Å². The van der Waals surface area contributed by atoms with Crippen LogP contribution in [0, 0.1) is 6.92 Å². The monoisotopic (exact) mass is 387 g/mol. The smallest absolute Gasteiger partial charge is 0.287 e. The number of morpholine rings is 1. The Morgan fingerprint density at radius 2 is 1.96 bits per heavy atom. The highest BCUT2D eigenvalue weighted by molar-refractivity contribution is 5.99. The Hall–Kier alpha value is -2.05. The Labute approximate surface area is 166 Å². The molecular weight excluding hydrogens is 356 g/mol. The quantitative estimate of drug-likeness (QED) is 0.825. The van der Waals surface area contributed by atoms with Gasteiger partial charge >= 0.3 is 0 Å². The molecule has 1 aliphatic heterocycles. The van der Waals surface area contributed by atoms with E-state index in [-0.39, 0.29) is 11.4 Å². The van der Waals surface area contributed by atoms with Gasteiger partial charge in [-0.1, -0.05) is 6.42 Å². The summed E-state index contributed by atoms with van der Waals surface area (Å²) in [4.78, 5) is 14.6. The minimum atomic E-state index is -0.120. The summed E-state index contributed by atoms with van der Waals surface area (Å²) in [5.74, 6) is 1.05. The maximum absolute atomic E-state index is 13.0. The average Bonchev–Trinajstić information content (AvgIpc) is 3.09. The van der Waals surface area contributed by atoms with Crippen LogP contribution in [0.25, 0.3) is 11.0 Å². The third-order valence-corrected chi connectivity index (χ3v) is 6.59. The first-order chi connectivity index (χ1) is 13.6. The summed E-state index contributed by atoms with van der Waals surface area (Å²) in [6.45, 7) is 6.31. The fourth-order valence-corrected chi connectivity index (χ4v) is 4.91. The molecule has 6 heteroatoms. The molecule has 1 aromatic carbocycles. The molecule has 0 spiro atoms. The lowest BCUT2D eigenvalue weighted by Gasteiger charge is -2.44. The van der Waals surface area contributed by atoms with Crippen molar-refractivity contribution in [1.29, 1.82) is 0 Å². The Morgan fingerprint density at radius 3 is 2.68 bits per heavy atom. The number of rotatable bonds is 5. The Balaban J connectivity index is 1.52. The predicted octanol–water partition coefficient (Wildman–Crippen LogP) is 2.10. The molecular formula is C22H31N2O4+. The minimum Gasteiger partial charge on any atom is -0.497 e. The molecule has 6 nitrogen and oxygen atoms in total. The minimum absolute atomic E-state index is 0.120. The molecule has 0 radical (unpaired) electrons. The van der Waals surface area contributed by atoms with Gasteiger partial charge < -0.3 is 24.1 Å². The lowest BCUT2D eigenvalue weighted by molar-refractivity contribution is -0.960. The summed E-state index contributed by atoms with van der Waals surface area (Å²) >= 11 is 0. The maximum Gasteiger partial charge on any atom is 0.287 e. The van der Waals surface area contributed by atoms with E-state index >= 15 is 0 Å². The van der Waals surface area contributed by atoms with Gasteiger partial charge in [-0.2, -0.15) is 0 Å². The summed E-state index contributed by atoms with van der Waals surface area (Å²) < 4.78 is 16.7. The van der Waals surface area contributed by atoms with Crippen molar-refractivity contribution in [1.82, 2.24) is 5.32 Å². The van der Waals surface area contributed by atoms with Gasteiger partial charge in [0.15, 0.2) is 5.76 Å². The molecule has 0 unspecified atom stereocenters. The van der Waals surface area contributed by atoms with Crippen LogP contribution >= 0.6 is 0 Å². The van der Waals surface area contributed by atoms with Gasteiger partial charge in [0.25, 0.3) is 5.91 Å². The molecule has 152 valence electrons. The fraction of sp³-hybridized carbons (Fsp3) is 0.591. The van der Waals surface area contributed by atoms with E-state index in [4.69, 9.17) is 13.9 Å². The second-order valence-electron chi connectivity index (χ2n) is 8.16. The lowest BCUT2D eigenvalue weighted by atomic mass is 9.79.